The molecule has 2 aromatic rings. The van der Waals surface area contributed by atoms with E-state index in [1.54, 1.807) is 24.3 Å². The molecule has 1 aliphatic heterocycles. The summed E-state index contributed by atoms with van der Waals surface area (Å²) in [5, 5.41) is 2.74. The Kier molecular flexibility index (Phi) is 6.33. The van der Waals surface area contributed by atoms with E-state index in [2.05, 4.69) is 5.32 Å². The molecule has 1 N–H and O–H groups in total. The van der Waals surface area contributed by atoms with Crippen LogP contribution in [-0.2, 0) is 26.2 Å². The van der Waals surface area contributed by atoms with Gasteiger partial charge in [-0.25, -0.2) is 12.8 Å². The van der Waals surface area contributed by atoms with Crippen LogP contribution in [0.5, 0.6) is 5.75 Å². The molecule has 2 amide bonds. The largest absolute Gasteiger partial charge is 0.497 e. The van der Waals surface area contributed by atoms with Crippen molar-refractivity contribution in [2.75, 3.05) is 31.4 Å². The van der Waals surface area contributed by atoms with Crippen LogP contribution in [0.25, 0.3) is 0 Å². The van der Waals surface area contributed by atoms with Crippen LogP contribution in [0.1, 0.15) is 12.5 Å². The van der Waals surface area contributed by atoms with Gasteiger partial charge < -0.3 is 10.1 Å². The molecule has 1 aliphatic rings. The summed E-state index contributed by atoms with van der Waals surface area (Å²) in [4.78, 5) is 27.6. The van der Waals surface area contributed by atoms with Crippen LogP contribution in [0.4, 0.5) is 10.1 Å². The minimum atomic E-state index is -3.71. The Morgan fingerprint density at radius 1 is 1.23 bits per heavy atom. The van der Waals surface area contributed by atoms with Gasteiger partial charge in [0.15, 0.2) is 0 Å². The summed E-state index contributed by atoms with van der Waals surface area (Å²) in [6, 6.07) is 12.3. The first-order valence-electron chi connectivity index (χ1n) is 9.49. The Balaban J connectivity index is 1.96. The highest BCUT2D eigenvalue weighted by molar-refractivity contribution is 7.88. The Morgan fingerprint density at radius 2 is 1.90 bits per heavy atom. The van der Waals surface area contributed by atoms with Gasteiger partial charge in [-0.2, -0.15) is 4.31 Å². The smallest absolute Gasteiger partial charge is 0.247 e. The summed E-state index contributed by atoms with van der Waals surface area (Å²) in [7, 11) is -2.23. The summed E-state index contributed by atoms with van der Waals surface area (Å²) >= 11 is 0. The van der Waals surface area contributed by atoms with Crippen molar-refractivity contribution >= 4 is 27.5 Å². The number of ether oxygens (including phenoxy) is 1. The van der Waals surface area contributed by atoms with Gasteiger partial charge in [0.2, 0.25) is 21.8 Å². The molecule has 0 aromatic heterocycles. The molecule has 10 heteroatoms. The lowest BCUT2D eigenvalue weighted by Crippen LogP contribution is -2.70. The van der Waals surface area contributed by atoms with Gasteiger partial charge in [-0.05, 0) is 36.8 Å². The summed E-state index contributed by atoms with van der Waals surface area (Å²) in [5.74, 6) is -0.983. The first-order chi connectivity index (χ1) is 14.5. The molecule has 0 bridgehead atoms. The van der Waals surface area contributed by atoms with E-state index in [-0.39, 0.29) is 19.6 Å². The summed E-state index contributed by atoms with van der Waals surface area (Å²) < 4.78 is 43.7. The van der Waals surface area contributed by atoms with Gasteiger partial charge in [0.25, 0.3) is 0 Å². The number of benzene rings is 2. The molecule has 1 fully saturated rings. The van der Waals surface area contributed by atoms with Crippen molar-refractivity contribution in [2.24, 2.45) is 0 Å². The van der Waals surface area contributed by atoms with Crippen LogP contribution in [-0.4, -0.2) is 56.5 Å². The number of carbonyl (C=O) groups excluding carboxylic acids is 2. The van der Waals surface area contributed by atoms with E-state index in [0.29, 0.717) is 17.0 Å². The van der Waals surface area contributed by atoms with E-state index in [1.165, 1.54) is 43.2 Å². The fraction of sp³-hybridized carbons (Fsp3) is 0.333. The van der Waals surface area contributed by atoms with Gasteiger partial charge in [-0.3, -0.25) is 14.5 Å². The summed E-state index contributed by atoms with van der Waals surface area (Å²) in [6.07, 6.45) is 0.998. The number of amides is 2. The number of sulfonamides is 1. The molecule has 0 saturated carbocycles. The van der Waals surface area contributed by atoms with Crippen molar-refractivity contribution < 1.29 is 27.1 Å². The SMILES string of the molecule is COc1cccc(N2C(=O)CN(S(C)(=O)=O)C[C@]2(C)C(=O)NCc2ccc(F)cc2)c1. The molecule has 1 saturated heterocycles. The molecule has 0 radical (unpaired) electrons. The van der Waals surface area contributed by atoms with Crippen molar-refractivity contribution in [3.05, 3.63) is 59.9 Å². The van der Waals surface area contributed by atoms with Gasteiger partial charge in [-0.15, -0.1) is 0 Å². The highest BCUT2D eigenvalue weighted by Crippen LogP contribution is 2.32. The zero-order valence-corrected chi connectivity index (χ0v) is 18.3. The van der Waals surface area contributed by atoms with E-state index in [4.69, 9.17) is 4.74 Å². The Labute approximate surface area is 180 Å². The van der Waals surface area contributed by atoms with Gasteiger partial charge in [-0.1, -0.05) is 18.2 Å². The van der Waals surface area contributed by atoms with Crippen LogP contribution in [0.15, 0.2) is 48.5 Å². The monoisotopic (exact) mass is 449 g/mol. The zero-order chi connectivity index (χ0) is 22.8. The Bertz CT molecular complexity index is 1090. The quantitative estimate of drug-likeness (QED) is 0.721. The minimum absolute atomic E-state index is 0.0910. The number of hydrogen-bond donors (Lipinski definition) is 1. The van der Waals surface area contributed by atoms with Crippen LogP contribution >= 0.6 is 0 Å². The second-order valence-electron chi connectivity index (χ2n) is 7.54. The number of rotatable bonds is 6. The van der Waals surface area contributed by atoms with E-state index in [1.807, 2.05) is 0 Å². The lowest BCUT2D eigenvalue weighted by atomic mass is 9.94. The number of carbonyl (C=O) groups is 2. The maximum Gasteiger partial charge on any atom is 0.247 e. The van der Waals surface area contributed by atoms with E-state index < -0.39 is 33.2 Å². The number of nitrogens with one attached hydrogen (secondary N) is 1. The molecule has 0 aliphatic carbocycles. The fourth-order valence-corrected chi connectivity index (χ4v) is 4.36. The second kappa shape index (κ2) is 8.64. The molecule has 31 heavy (non-hydrogen) atoms. The van der Waals surface area contributed by atoms with Crippen molar-refractivity contribution in [1.82, 2.24) is 9.62 Å². The number of methoxy groups -OCH3 is 1. The second-order valence-corrected chi connectivity index (χ2v) is 9.53. The van der Waals surface area contributed by atoms with E-state index in [9.17, 15) is 22.4 Å². The first-order valence-corrected chi connectivity index (χ1v) is 11.3. The lowest BCUT2D eigenvalue weighted by Gasteiger charge is -2.46. The highest BCUT2D eigenvalue weighted by Gasteiger charge is 2.50. The van der Waals surface area contributed by atoms with Crippen molar-refractivity contribution in [3.63, 3.8) is 0 Å². The molecular formula is C21H24FN3O5S. The van der Waals surface area contributed by atoms with E-state index >= 15 is 0 Å². The van der Waals surface area contributed by atoms with Crippen molar-refractivity contribution in [2.45, 2.75) is 19.0 Å². The van der Waals surface area contributed by atoms with Crippen LogP contribution in [0.3, 0.4) is 0 Å². The van der Waals surface area contributed by atoms with Crippen LogP contribution in [0, 0.1) is 5.82 Å². The molecule has 3 rings (SSSR count). The van der Waals surface area contributed by atoms with Gasteiger partial charge in [0, 0.05) is 24.8 Å². The van der Waals surface area contributed by atoms with Crippen molar-refractivity contribution in [1.29, 1.82) is 0 Å². The molecule has 1 atom stereocenters. The average molecular weight is 450 g/mol. The standard InChI is InChI=1S/C21H24FN3O5S/c1-21(20(27)23-12-15-7-9-16(22)10-8-15)14-24(31(3,28)29)13-19(26)25(21)17-5-4-6-18(11-17)30-2/h4-11H,12-14H2,1-3H3,(H,23,27)/t21-/m1/s1. The molecule has 8 nitrogen and oxygen atoms in total. The molecule has 2 aromatic carbocycles. The molecular weight excluding hydrogens is 425 g/mol. The third-order valence-electron chi connectivity index (χ3n) is 5.17. The maximum absolute atomic E-state index is 13.3. The summed E-state index contributed by atoms with van der Waals surface area (Å²) in [5.41, 5.74) is -0.449. The van der Waals surface area contributed by atoms with Crippen LogP contribution < -0.4 is 15.0 Å². The molecule has 1 heterocycles. The third kappa shape index (κ3) is 4.86. The Hall–Kier alpha value is -2.98. The van der Waals surface area contributed by atoms with Gasteiger partial charge in [0.1, 0.15) is 17.1 Å². The van der Waals surface area contributed by atoms with Crippen molar-refractivity contribution in [3.8, 4) is 5.75 Å². The molecule has 0 unspecified atom stereocenters. The number of hydrogen-bond acceptors (Lipinski definition) is 5. The zero-order valence-electron chi connectivity index (χ0n) is 17.5. The fourth-order valence-electron chi connectivity index (χ4n) is 3.53. The highest BCUT2D eigenvalue weighted by atomic mass is 32.2. The number of nitrogens with zero attached hydrogens (tertiary/aromatic N) is 2. The number of piperazine rings is 1. The maximum atomic E-state index is 13.3. The predicted octanol–water partition coefficient (Wildman–Crippen LogP) is 1.52. The molecule has 166 valence electrons. The number of anilines is 1. The topological polar surface area (TPSA) is 96.0 Å². The normalized spacial score (nSPS) is 19.9. The lowest BCUT2D eigenvalue weighted by molar-refractivity contribution is -0.133. The van der Waals surface area contributed by atoms with Crippen LogP contribution in [0.2, 0.25) is 0 Å². The minimum Gasteiger partial charge on any atom is -0.497 e. The van der Waals surface area contributed by atoms with Gasteiger partial charge in [0.05, 0.1) is 19.9 Å². The first kappa shape index (κ1) is 22.7. The van der Waals surface area contributed by atoms with E-state index in [0.717, 1.165) is 10.6 Å². The Morgan fingerprint density at radius 3 is 2.52 bits per heavy atom. The predicted molar refractivity (Wildman–Crippen MR) is 114 cm³/mol. The third-order valence-corrected chi connectivity index (χ3v) is 6.37. The average Bonchev–Trinajstić information content (AvgIpc) is 2.72. The summed E-state index contributed by atoms with van der Waals surface area (Å²) in [6.45, 7) is 1.01. The number of halogens is 1. The molecule has 0 spiro atoms. The van der Waals surface area contributed by atoms with Gasteiger partial charge >= 0.3 is 0 Å².